The quantitative estimate of drug-likeness (QED) is 0.179. The third-order valence-corrected chi connectivity index (χ3v) is 15.5. The first kappa shape index (κ1) is 37.8. The number of hydrogen-bond donors (Lipinski definition) is 0. The van der Waals surface area contributed by atoms with Crippen LogP contribution >= 0.6 is 11.6 Å². The number of carbonyl (C=O) groups is 3. The molecule has 276 valence electrons. The standard InChI is InChI=1S/C44H64ClNO4/c1-28(2)38-33(48)24-44(22-23-46(9)26-29-10-12-30(45)13-11-29)21-16-32-31(39(38)44)14-15-35-42(32,7)19-17-34-41(5,6)36(18-20-43(34,35)8)50-37(49)25-40(3,4)27-47/h10-13,27-28,31-32,34-36H,14-26H2,1-9H3. The fourth-order valence-electron chi connectivity index (χ4n) is 12.9. The van der Waals surface area contributed by atoms with E-state index in [9.17, 15) is 14.4 Å². The number of aldehydes is 1. The Morgan fingerprint density at radius 3 is 2.32 bits per heavy atom. The van der Waals surface area contributed by atoms with Gasteiger partial charge in [0.1, 0.15) is 12.4 Å². The molecule has 50 heavy (non-hydrogen) atoms. The summed E-state index contributed by atoms with van der Waals surface area (Å²) >= 11 is 6.15. The van der Waals surface area contributed by atoms with Crippen molar-refractivity contribution < 1.29 is 19.1 Å². The number of hydrogen-bond acceptors (Lipinski definition) is 5. The van der Waals surface area contributed by atoms with E-state index in [0.717, 1.165) is 56.5 Å². The van der Waals surface area contributed by atoms with E-state index < -0.39 is 5.41 Å². The molecule has 0 bridgehead atoms. The van der Waals surface area contributed by atoms with E-state index >= 15 is 0 Å². The lowest BCUT2D eigenvalue weighted by atomic mass is 9.36. The number of ketones is 1. The van der Waals surface area contributed by atoms with Crippen LogP contribution in [0.5, 0.6) is 0 Å². The molecule has 8 atom stereocenters. The Bertz CT molecular complexity index is 1510. The van der Waals surface area contributed by atoms with Gasteiger partial charge in [0, 0.05) is 34.2 Å². The average Bonchev–Trinajstić information content (AvgIpc) is 3.35. The molecule has 0 radical (unpaired) electrons. The monoisotopic (exact) mass is 705 g/mol. The molecule has 0 spiro atoms. The highest BCUT2D eigenvalue weighted by molar-refractivity contribution is 6.30. The normalized spacial score (nSPS) is 36.5. The van der Waals surface area contributed by atoms with Crippen LogP contribution in [-0.4, -0.2) is 42.6 Å². The van der Waals surface area contributed by atoms with E-state index in [-0.39, 0.29) is 46.1 Å². The van der Waals surface area contributed by atoms with E-state index in [2.05, 4.69) is 65.6 Å². The van der Waals surface area contributed by atoms with Gasteiger partial charge in [0.05, 0.1) is 6.42 Å². The Balaban J connectivity index is 1.22. The number of allylic oxidation sites excluding steroid dienone is 2. The minimum absolute atomic E-state index is 0.00124. The lowest BCUT2D eigenvalue weighted by Crippen LogP contribution is -2.63. The van der Waals surface area contributed by atoms with Gasteiger partial charge in [-0.2, -0.15) is 0 Å². The summed E-state index contributed by atoms with van der Waals surface area (Å²) in [6.45, 7) is 19.9. The zero-order valence-corrected chi connectivity index (χ0v) is 33.3. The van der Waals surface area contributed by atoms with Crippen molar-refractivity contribution in [3.05, 3.63) is 46.0 Å². The highest BCUT2D eigenvalue weighted by Crippen LogP contribution is 2.73. The van der Waals surface area contributed by atoms with E-state index in [1.54, 1.807) is 19.4 Å². The molecular formula is C44H64ClNO4. The molecule has 6 heteroatoms. The molecule has 8 unspecified atom stereocenters. The van der Waals surface area contributed by atoms with Gasteiger partial charge in [-0.3, -0.25) is 9.59 Å². The summed E-state index contributed by atoms with van der Waals surface area (Å²) in [6.07, 6.45) is 11.7. The van der Waals surface area contributed by atoms with Gasteiger partial charge in [-0.25, -0.2) is 0 Å². The number of fused-ring (bicyclic) bond motifs is 7. The molecule has 5 aliphatic rings. The molecule has 0 N–H and O–H groups in total. The molecule has 5 aliphatic carbocycles. The molecule has 5 nitrogen and oxygen atoms in total. The lowest BCUT2D eigenvalue weighted by molar-refractivity contribution is -0.213. The second-order valence-electron chi connectivity index (χ2n) is 19.6. The van der Waals surface area contributed by atoms with Crippen LogP contribution in [0.4, 0.5) is 0 Å². The Kier molecular flexibility index (Phi) is 10.2. The Labute approximate surface area is 307 Å². The van der Waals surface area contributed by atoms with Crippen LogP contribution in [-0.2, 0) is 25.7 Å². The third-order valence-electron chi connectivity index (χ3n) is 15.2. The van der Waals surface area contributed by atoms with Crippen molar-refractivity contribution in [3.63, 3.8) is 0 Å². The van der Waals surface area contributed by atoms with Gasteiger partial charge in [-0.15, -0.1) is 0 Å². The predicted molar refractivity (Wildman–Crippen MR) is 202 cm³/mol. The Morgan fingerprint density at radius 1 is 0.980 bits per heavy atom. The fraction of sp³-hybridized carbons (Fsp3) is 0.750. The topological polar surface area (TPSA) is 63.7 Å². The first-order valence-electron chi connectivity index (χ1n) is 19.7. The van der Waals surface area contributed by atoms with Crippen molar-refractivity contribution in [1.82, 2.24) is 4.90 Å². The van der Waals surface area contributed by atoms with Crippen molar-refractivity contribution in [2.24, 2.45) is 56.7 Å². The van der Waals surface area contributed by atoms with Gasteiger partial charge < -0.3 is 14.4 Å². The molecule has 0 aliphatic heterocycles. The SMILES string of the molecule is CC(C)C1=C2C3CCC4C(C)(CCC5C(C)(C)C(OC(=O)CC(C)(C)C=O)CCC54C)C3CCC2(CCN(C)Cc2ccc(Cl)cc2)CC1=O. The summed E-state index contributed by atoms with van der Waals surface area (Å²) in [4.78, 5) is 40.9. The molecule has 1 aromatic rings. The molecule has 0 saturated heterocycles. The molecule has 0 aromatic heterocycles. The number of esters is 1. The first-order chi connectivity index (χ1) is 23.4. The zero-order chi connectivity index (χ0) is 36.4. The number of benzene rings is 1. The number of carbonyl (C=O) groups excluding carboxylic acids is 3. The molecule has 0 amide bonds. The molecule has 4 fully saturated rings. The van der Waals surface area contributed by atoms with Crippen molar-refractivity contribution >= 4 is 29.6 Å². The summed E-state index contributed by atoms with van der Waals surface area (Å²) in [5, 5.41) is 0.770. The number of ether oxygens (including phenoxy) is 1. The highest BCUT2D eigenvalue weighted by atomic mass is 35.5. The number of nitrogens with zero attached hydrogens (tertiary/aromatic N) is 1. The average molecular weight is 706 g/mol. The van der Waals surface area contributed by atoms with Crippen molar-refractivity contribution in [2.75, 3.05) is 13.6 Å². The summed E-state index contributed by atoms with van der Waals surface area (Å²) in [5.41, 5.74) is 3.63. The van der Waals surface area contributed by atoms with E-state index in [0.29, 0.717) is 35.9 Å². The number of rotatable bonds is 10. The van der Waals surface area contributed by atoms with Crippen molar-refractivity contribution in [2.45, 2.75) is 139 Å². The van der Waals surface area contributed by atoms with Crippen molar-refractivity contribution in [3.8, 4) is 0 Å². The van der Waals surface area contributed by atoms with Gasteiger partial charge in [-0.1, -0.05) is 84.7 Å². The first-order valence-corrected chi connectivity index (χ1v) is 20.1. The minimum atomic E-state index is -0.699. The number of Topliss-reactive ketones (excluding diaryl/α,β-unsaturated/α-hetero) is 1. The maximum atomic E-state index is 14.0. The van der Waals surface area contributed by atoms with Gasteiger partial charge in [-0.05, 0) is 135 Å². The Hall–Kier alpha value is -1.98. The van der Waals surface area contributed by atoms with E-state index in [1.165, 1.54) is 36.8 Å². The second kappa shape index (κ2) is 13.5. The summed E-state index contributed by atoms with van der Waals surface area (Å²) < 4.78 is 6.22. The van der Waals surface area contributed by atoms with Crippen LogP contribution in [0.15, 0.2) is 35.4 Å². The molecular weight excluding hydrogens is 642 g/mol. The van der Waals surface area contributed by atoms with Gasteiger partial charge in [0.25, 0.3) is 0 Å². The molecule has 1 aromatic carbocycles. The number of halogens is 1. The second-order valence-corrected chi connectivity index (χ2v) is 20.0. The van der Waals surface area contributed by atoms with Crippen LogP contribution in [0.3, 0.4) is 0 Å². The van der Waals surface area contributed by atoms with Crippen molar-refractivity contribution in [1.29, 1.82) is 0 Å². The molecule has 4 saturated carbocycles. The minimum Gasteiger partial charge on any atom is -0.462 e. The fourth-order valence-corrected chi connectivity index (χ4v) is 13.0. The van der Waals surface area contributed by atoms with E-state index in [1.807, 2.05) is 12.1 Å². The lowest BCUT2D eigenvalue weighted by Gasteiger charge is -2.69. The third kappa shape index (κ3) is 6.48. The molecule has 0 heterocycles. The maximum absolute atomic E-state index is 14.0. The van der Waals surface area contributed by atoms with Crippen LogP contribution in [0.2, 0.25) is 5.02 Å². The molecule has 6 rings (SSSR count). The van der Waals surface area contributed by atoms with Crippen LogP contribution < -0.4 is 0 Å². The maximum Gasteiger partial charge on any atom is 0.307 e. The van der Waals surface area contributed by atoms with Crippen LogP contribution in [0.25, 0.3) is 0 Å². The van der Waals surface area contributed by atoms with Crippen LogP contribution in [0.1, 0.15) is 132 Å². The summed E-state index contributed by atoms with van der Waals surface area (Å²) in [7, 11) is 2.22. The van der Waals surface area contributed by atoms with Gasteiger partial charge in [0.2, 0.25) is 0 Å². The zero-order valence-electron chi connectivity index (χ0n) is 32.5. The predicted octanol–water partition coefficient (Wildman–Crippen LogP) is 10.3. The van der Waals surface area contributed by atoms with Gasteiger partial charge >= 0.3 is 5.97 Å². The van der Waals surface area contributed by atoms with E-state index in [4.69, 9.17) is 16.3 Å². The Morgan fingerprint density at radius 2 is 1.66 bits per heavy atom. The summed E-state index contributed by atoms with van der Waals surface area (Å²) in [5.74, 6) is 2.66. The van der Waals surface area contributed by atoms with Crippen LogP contribution in [0, 0.1) is 56.7 Å². The summed E-state index contributed by atoms with van der Waals surface area (Å²) in [6, 6.07) is 8.19. The largest absolute Gasteiger partial charge is 0.462 e. The van der Waals surface area contributed by atoms with Gasteiger partial charge in [0.15, 0.2) is 5.78 Å². The highest BCUT2D eigenvalue weighted by Gasteiger charge is 2.66. The smallest absolute Gasteiger partial charge is 0.307 e.